The highest BCUT2D eigenvalue weighted by Crippen LogP contribution is 2.57. The topological polar surface area (TPSA) is 16.3 Å². The van der Waals surface area contributed by atoms with Gasteiger partial charge in [-0.3, -0.25) is 0 Å². The molecule has 2 aliphatic heterocycles. The second kappa shape index (κ2) is 17.2. The van der Waals surface area contributed by atoms with Crippen LogP contribution in [0.1, 0.15) is 0 Å². The van der Waals surface area contributed by atoms with E-state index in [0.29, 0.717) is 0 Å². The molecule has 4 heterocycles. The SMILES string of the molecule is c1ccc(-c2cccc(-n3c4ccccc4c4cc5c(cc43)N(c3cccc4c(N6c7ccccc7Sc7cc8c9ccccc9n(-c9cccc(-c%10ccccc%10)c9)c8cc76)cccc34)c3ccccc3S5)c2)cc1. The van der Waals surface area contributed by atoms with Crippen molar-refractivity contribution in [2.45, 2.75) is 19.6 Å². The standard InChI is InChI=1S/C70H44N4S2/c1-3-19-45(20-4-1)47-23-15-25-49(39-47)71-57-31-9-7-27-53(57)55-41-69-65(43-63(55)71)73(61-33-11-13-37-67(61)75-69)59-35-17-30-52-51(59)29-18-36-60(52)74-62-34-12-14-38-68(62)76-70-42-56-54-28-8-10-32-58(54)72(64(56)44-66(70)74)50-26-16-24-48(40-50)46-21-5-2-6-22-46/h1-44H. The van der Waals surface area contributed by atoms with E-state index in [-0.39, 0.29) is 0 Å². The Kier molecular flexibility index (Phi) is 9.77. The minimum absolute atomic E-state index is 1.13. The first kappa shape index (κ1) is 43.2. The first-order valence-electron chi connectivity index (χ1n) is 25.8. The molecule has 0 atom stereocenters. The minimum Gasteiger partial charge on any atom is -0.309 e. The Labute approximate surface area is 448 Å². The monoisotopic (exact) mass is 1000 g/mol. The Balaban J connectivity index is 0.901. The van der Waals surface area contributed by atoms with Crippen molar-refractivity contribution in [1.82, 2.24) is 9.13 Å². The van der Waals surface area contributed by atoms with Gasteiger partial charge >= 0.3 is 0 Å². The molecule has 0 saturated carbocycles. The van der Waals surface area contributed by atoms with Crippen LogP contribution in [0.3, 0.4) is 0 Å². The van der Waals surface area contributed by atoms with Crippen molar-refractivity contribution in [2.24, 2.45) is 0 Å². The number of hydrogen-bond donors (Lipinski definition) is 0. The Morgan fingerprint density at radius 2 is 0.579 bits per heavy atom. The zero-order chi connectivity index (χ0) is 49.8. The highest BCUT2D eigenvalue weighted by atomic mass is 32.2. The normalized spacial score (nSPS) is 12.8. The lowest BCUT2D eigenvalue weighted by Gasteiger charge is -2.35. The summed E-state index contributed by atoms with van der Waals surface area (Å²) in [5.74, 6) is 0. The summed E-state index contributed by atoms with van der Waals surface area (Å²) in [6.45, 7) is 0. The van der Waals surface area contributed by atoms with Crippen LogP contribution in [0.4, 0.5) is 34.1 Å². The summed E-state index contributed by atoms with van der Waals surface area (Å²) in [4.78, 5) is 9.95. The Morgan fingerprint density at radius 1 is 0.211 bits per heavy atom. The first-order valence-corrected chi connectivity index (χ1v) is 27.5. The Bertz CT molecular complexity index is 4370. The van der Waals surface area contributed by atoms with Crippen LogP contribution >= 0.6 is 23.5 Å². The number of fused-ring (bicyclic) bond motifs is 11. The fourth-order valence-corrected chi connectivity index (χ4v) is 14.2. The average molecular weight is 1010 g/mol. The highest BCUT2D eigenvalue weighted by molar-refractivity contribution is 8.00. The van der Waals surface area contributed by atoms with E-state index < -0.39 is 0 Å². The lowest BCUT2D eigenvalue weighted by Crippen LogP contribution is -2.17. The van der Waals surface area contributed by atoms with Crippen molar-refractivity contribution in [3.63, 3.8) is 0 Å². The molecule has 4 nitrogen and oxygen atoms in total. The lowest BCUT2D eigenvalue weighted by atomic mass is 10.0. The second-order valence-corrected chi connectivity index (χ2v) is 21.8. The first-order chi connectivity index (χ1) is 37.7. The fraction of sp³-hybridized carbons (Fsp3) is 0. The molecule has 12 aromatic carbocycles. The van der Waals surface area contributed by atoms with Crippen LogP contribution < -0.4 is 9.80 Å². The largest absolute Gasteiger partial charge is 0.309 e. The summed E-state index contributed by atoms with van der Waals surface area (Å²) in [6, 6.07) is 98.4. The van der Waals surface area contributed by atoms with Crippen LogP contribution in [0.5, 0.6) is 0 Å². The van der Waals surface area contributed by atoms with Gasteiger partial charge in [0, 0.05) is 63.3 Å². The maximum absolute atomic E-state index is 2.52. The molecule has 2 aromatic heterocycles. The number of benzene rings is 12. The molecular weight excluding hydrogens is 961 g/mol. The quantitative estimate of drug-likeness (QED) is 0.165. The number of hydrogen-bond acceptors (Lipinski definition) is 4. The van der Waals surface area contributed by atoms with Gasteiger partial charge in [-0.15, -0.1) is 0 Å². The molecular formula is C70H44N4S2. The lowest BCUT2D eigenvalue weighted by molar-refractivity contribution is 1.15. The van der Waals surface area contributed by atoms with E-state index in [1.807, 2.05) is 23.5 Å². The van der Waals surface area contributed by atoms with Crippen LogP contribution in [0.15, 0.2) is 287 Å². The molecule has 16 rings (SSSR count). The third-order valence-electron chi connectivity index (χ3n) is 15.4. The molecule has 0 radical (unpaired) electrons. The molecule has 0 fully saturated rings. The molecule has 6 heteroatoms. The maximum atomic E-state index is 2.52. The van der Waals surface area contributed by atoms with E-state index >= 15 is 0 Å². The van der Waals surface area contributed by atoms with Gasteiger partial charge in [0.15, 0.2) is 0 Å². The van der Waals surface area contributed by atoms with E-state index in [0.717, 1.165) is 34.1 Å². The molecule has 356 valence electrons. The van der Waals surface area contributed by atoms with Crippen molar-refractivity contribution in [3.8, 4) is 33.6 Å². The summed E-state index contributed by atoms with van der Waals surface area (Å²) in [5, 5.41) is 7.31. The van der Waals surface area contributed by atoms with Crippen molar-refractivity contribution in [2.75, 3.05) is 9.80 Å². The third-order valence-corrected chi connectivity index (χ3v) is 17.6. The van der Waals surface area contributed by atoms with Gasteiger partial charge in [-0.1, -0.05) is 193 Å². The summed E-state index contributed by atoms with van der Waals surface area (Å²) in [6.07, 6.45) is 0. The van der Waals surface area contributed by atoms with Crippen molar-refractivity contribution < 1.29 is 0 Å². The van der Waals surface area contributed by atoms with Gasteiger partial charge in [0.1, 0.15) is 0 Å². The number of nitrogens with zero attached hydrogens (tertiary/aromatic N) is 4. The molecule has 0 saturated heterocycles. The third kappa shape index (κ3) is 6.67. The van der Waals surface area contributed by atoms with E-state index in [1.165, 1.54) is 108 Å². The molecule has 0 aliphatic carbocycles. The molecule has 2 aliphatic rings. The van der Waals surface area contributed by atoms with Crippen LogP contribution in [0.2, 0.25) is 0 Å². The predicted octanol–water partition coefficient (Wildman–Crippen LogP) is 20.2. The van der Waals surface area contributed by atoms with Crippen LogP contribution in [-0.2, 0) is 0 Å². The van der Waals surface area contributed by atoms with Gasteiger partial charge in [0.2, 0.25) is 0 Å². The predicted molar refractivity (Wildman–Crippen MR) is 321 cm³/mol. The zero-order valence-electron chi connectivity index (χ0n) is 41.0. The molecule has 0 unspecified atom stereocenters. The van der Waals surface area contributed by atoms with Crippen LogP contribution in [0, 0.1) is 0 Å². The van der Waals surface area contributed by atoms with Crippen LogP contribution in [0.25, 0.3) is 88.0 Å². The molecule has 0 amide bonds. The zero-order valence-corrected chi connectivity index (χ0v) is 42.6. The summed E-state index contributed by atoms with van der Waals surface area (Å²) < 4.78 is 4.92. The van der Waals surface area contributed by atoms with Crippen molar-refractivity contribution >= 4 is 112 Å². The smallest absolute Gasteiger partial charge is 0.0623 e. The summed E-state index contributed by atoms with van der Waals surface area (Å²) in [7, 11) is 0. The van der Waals surface area contributed by atoms with E-state index in [4.69, 9.17) is 0 Å². The van der Waals surface area contributed by atoms with Crippen molar-refractivity contribution in [1.29, 1.82) is 0 Å². The van der Waals surface area contributed by atoms with Crippen molar-refractivity contribution in [3.05, 3.63) is 267 Å². The minimum atomic E-state index is 1.13. The second-order valence-electron chi connectivity index (χ2n) is 19.7. The molecule has 0 N–H and O–H groups in total. The van der Waals surface area contributed by atoms with Gasteiger partial charge in [-0.25, -0.2) is 0 Å². The average Bonchev–Trinajstić information content (AvgIpc) is 4.05. The number of anilines is 6. The van der Waals surface area contributed by atoms with E-state index in [2.05, 4.69) is 286 Å². The summed E-state index contributed by atoms with van der Waals surface area (Å²) >= 11 is 3.73. The number of aromatic nitrogens is 2. The van der Waals surface area contributed by atoms with Gasteiger partial charge in [-0.05, 0) is 119 Å². The van der Waals surface area contributed by atoms with Gasteiger partial charge < -0.3 is 18.9 Å². The molecule has 14 aromatic rings. The van der Waals surface area contributed by atoms with Gasteiger partial charge in [-0.2, -0.15) is 0 Å². The van der Waals surface area contributed by atoms with E-state index in [1.54, 1.807) is 0 Å². The molecule has 0 spiro atoms. The number of para-hydroxylation sites is 4. The Hall–Kier alpha value is -9.20. The Morgan fingerprint density at radius 3 is 1.05 bits per heavy atom. The summed E-state index contributed by atoms with van der Waals surface area (Å²) in [5.41, 5.74) is 18.7. The fourth-order valence-electron chi connectivity index (χ4n) is 12.1. The molecule has 76 heavy (non-hydrogen) atoms. The van der Waals surface area contributed by atoms with Gasteiger partial charge in [0.25, 0.3) is 0 Å². The highest BCUT2D eigenvalue weighted by Gasteiger charge is 2.31. The molecule has 0 bridgehead atoms. The number of rotatable bonds is 6. The van der Waals surface area contributed by atoms with E-state index in [9.17, 15) is 0 Å². The van der Waals surface area contributed by atoms with Crippen LogP contribution in [-0.4, -0.2) is 9.13 Å². The van der Waals surface area contributed by atoms with Gasteiger partial charge in [0.05, 0.1) is 56.2 Å². The maximum Gasteiger partial charge on any atom is 0.0623 e.